The zero-order chi connectivity index (χ0) is 19.4. The summed E-state index contributed by atoms with van der Waals surface area (Å²) in [5.74, 6) is 0. The minimum absolute atomic E-state index is 0.926. The van der Waals surface area contributed by atoms with Gasteiger partial charge in [-0.25, -0.2) is 4.68 Å². The summed E-state index contributed by atoms with van der Waals surface area (Å²) in [5.41, 5.74) is 6.12. The van der Waals surface area contributed by atoms with Crippen LogP contribution in [0.2, 0.25) is 0 Å². The van der Waals surface area contributed by atoms with Crippen molar-refractivity contribution in [3.05, 3.63) is 69.2 Å². The number of hydrogen-bond donors (Lipinski definition) is 0. The molecule has 0 radical (unpaired) electrons. The zero-order valence-corrected chi connectivity index (χ0v) is 17.9. The zero-order valence-electron chi connectivity index (χ0n) is 17.1. The highest BCUT2D eigenvalue weighted by Gasteiger charge is 2.17. The molecule has 144 valence electrons. The van der Waals surface area contributed by atoms with Gasteiger partial charge in [-0.2, -0.15) is 5.10 Å². The van der Waals surface area contributed by atoms with Crippen molar-refractivity contribution in [3.63, 3.8) is 0 Å². The van der Waals surface area contributed by atoms with Gasteiger partial charge in [0, 0.05) is 42.3 Å². The van der Waals surface area contributed by atoms with Crippen LogP contribution in [0.3, 0.4) is 0 Å². The molecule has 0 fully saturated rings. The van der Waals surface area contributed by atoms with Crippen LogP contribution in [-0.4, -0.2) is 46.8 Å². The molecule has 3 aromatic rings. The predicted molar refractivity (Wildman–Crippen MR) is 115 cm³/mol. The van der Waals surface area contributed by atoms with Crippen molar-refractivity contribution in [3.8, 4) is 5.69 Å². The van der Waals surface area contributed by atoms with E-state index in [0.29, 0.717) is 0 Å². The Hall–Kier alpha value is -1.95. The van der Waals surface area contributed by atoms with Crippen molar-refractivity contribution >= 4 is 11.3 Å². The standard InChI is InChI=1S/C22H30N4S/c1-17-9-6-7-11-22(17)26-19(3)21(18(2)23-26)16-25(13-12-24(4)5)15-20-10-8-14-27-20/h6-11,14H,12-13,15-16H2,1-5H3. The molecule has 0 N–H and O–H groups in total. The highest BCUT2D eigenvalue weighted by atomic mass is 32.1. The third-order valence-electron chi connectivity index (χ3n) is 4.99. The number of thiophene rings is 1. The van der Waals surface area contributed by atoms with Gasteiger partial charge in [0.15, 0.2) is 0 Å². The summed E-state index contributed by atoms with van der Waals surface area (Å²) in [6.45, 7) is 10.5. The smallest absolute Gasteiger partial charge is 0.0678 e. The van der Waals surface area contributed by atoms with Gasteiger partial charge in [-0.15, -0.1) is 11.3 Å². The Morgan fingerprint density at radius 3 is 2.41 bits per heavy atom. The fourth-order valence-electron chi connectivity index (χ4n) is 3.34. The Morgan fingerprint density at radius 2 is 1.74 bits per heavy atom. The average molecular weight is 383 g/mol. The predicted octanol–water partition coefficient (Wildman–Crippen LogP) is 4.42. The van der Waals surface area contributed by atoms with Gasteiger partial charge in [0.05, 0.1) is 11.4 Å². The second-order valence-electron chi connectivity index (χ2n) is 7.44. The van der Waals surface area contributed by atoms with Crippen LogP contribution in [0.15, 0.2) is 41.8 Å². The van der Waals surface area contributed by atoms with Crippen LogP contribution < -0.4 is 0 Å². The second kappa shape index (κ2) is 8.83. The second-order valence-corrected chi connectivity index (χ2v) is 8.47. The molecule has 3 rings (SSSR count). The summed E-state index contributed by atoms with van der Waals surface area (Å²) in [5, 5.41) is 7.03. The topological polar surface area (TPSA) is 24.3 Å². The number of benzene rings is 1. The van der Waals surface area contributed by atoms with E-state index in [0.717, 1.165) is 31.9 Å². The number of para-hydroxylation sites is 1. The fourth-order valence-corrected chi connectivity index (χ4v) is 4.09. The van der Waals surface area contributed by atoms with Gasteiger partial charge in [-0.3, -0.25) is 4.90 Å². The minimum atomic E-state index is 0.926. The number of aryl methyl sites for hydroxylation is 2. The van der Waals surface area contributed by atoms with Crippen LogP contribution in [0.25, 0.3) is 5.69 Å². The number of rotatable bonds is 8. The normalized spacial score (nSPS) is 11.7. The van der Waals surface area contributed by atoms with Crippen LogP contribution in [0, 0.1) is 20.8 Å². The first-order valence-corrected chi connectivity index (χ1v) is 10.3. The number of likely N-dealkylation sites (N-methyl/N-ethyl adjacent to an activating group) is 1. The third kappa shape index (κ3) is 4.86. The molecular formula is C22H30N4S. The summed E-state index contributed by atoms with van der Waals surface area (Å²) >= 11 is 1.83. The molecule has 0 saturated carbocycles. The molecule has 0 bridgehead atoms. The van der Waals surface area contributed by atoms with Gasteiger partial charge >= 0.3 is 0 Å². The van der Waals surface area contributed by atoms with Crippen LogP contribution in [0.1, 0.15) is 27.4 Å². The Bertz CT molecular complexity index is 865. The maximum absolute atomic E-state index is 4.87. The Kier molecular flexibility index (Phi) is 6.47. The van der Waals surface area contributed by atoms with E-state index in [2.05, 4.69) is 91.1 Å². The average Bonchev–Trinajstić information content (AvgIpc) is 3.23. The molecule has 5 heteroatoms. The molecule has 0 aliphatic heterocycles. The van der Waals surface area contributed by atoms with E-state index in [-0.39, 0.29) is 0 Å². The Morgan fingerprint density at radius 1 is 0.963 bits per heavy atom. The highest BCUT2D eigenvalue weighted by Crippen LogP contribution is 2.23. The lowest BCUT2D eigenvalue weighted by atomic mass is 10.1. The summed E-state index contributed by atoms with van der Waals surface area (Å²) in [6.07, 6.45) is 0. The van der Waals surface area contributed by atoms with Crippen molar-refractivity contribution in [1.82, 2.24) is 19.6 Å². The molecule has 2 heterocycles. The third-order valence-corrected chi connectivity index (χ3v) is 5.85. The van der Waals surface area contributed by atoms with Crippen molar-refractivity contribution in [2.24, 2.45) is 0 Å². The molecule has 0 amide bonds. The van der Waals surface area contributed by atoms with E-state index in [1.54, 1.807) is 0 Å². The molecule has 0 unspecified atom stereocenters. The van der Waals surface area contributed by atoms with E-state index in [4.69, 9.17) is 5.10 Å². The van der Waals surface area contributed by atoms with Gasteiger partial charge < -0.3 is 4.90 Å². The largest absolute Gasteiger partial charge is 0.308 e. The van der Waals surface area contributed by atoms with Crippen LogP contribution in [-0.2, 0) is 13.1 Å². The Labute approximate surface area is 167 Å². The summed E-state index contributed by atoms with van der Waals surface area (Å²) in [7, 11) is 4.27. The quantitative estimate of drug-likeness (QED) is 0.576. The lowest BCUT2D eigenvalue weighted by Crippen LogP contribution is -2.31. The molecule has 0 saturated heterocycles. The van der Waals surface area contributed by atoms with Crippen molar-refractivity contribution in [2.75, 3.05) is 27.2 Å². The van der Waals surface area contributed by atoms with E-state index in [9.17, 15) is 0 Å². The van der Waals surface area contributed by atoms with Gasteiger partial charge in [0.1, 0.15) is 0 Å². The molecule has 0 aliphatic rings. The Balaban J connectivity index is 1.86. The van der Waals surface area contributed by atoms with Gasteiger partial charge in [-0.1, -0.05) is 24.3 Å². The van der Waals surface area contributed by atoms with Gasteiger partial charge in [0.25, 0.3) is 0 Å². The van der Waals surface area contributed by atoms with Crippen molar-refractivity contribution in [1.29, 1.82) is 0 Å². The minimum Gasteiger partial charge on any atom is -0.308 e. The van der Waals surface area contributed by atoms with Crippen LogP contribution in [0.5, 0.6) is 0 Å². The van der Waals surface area contributed by atoms with Crippen LogP contribution in [0.4, 0.5) is 0 Å². The molecule has 27 heavy (non-hydrogen) atoms. The van der Waals surface area contributed by atoms with E-state index >= 15 is 0 Å². The van der Waals surface area contributed by atoms with E-state index in [1.165, 1.54) is 27.4 Å². The first-order chi connectivity index (χ1) is 13.0. The molecule has 1 aromatic carbocycles. The van der Waals surface area contributed by atoms with Gasteiger partial charge in [-0.05, 0) is 57.9 Å². The van der Waals surface area contributed by atoms with Crippen LogP contribution >= 0.6 is 11.3 Å². The van der Waals surface area contributed by atoms with Gasteiger partial charge in [0.2, 0.25) is 0 Å². The lowest BCUT2D eigenvalue weighted by Gasteiger charge is -2.24. The number of nitrogens with zero attached hydrogens (tertiary/aromatic N) is 4. The maximum atomic E-state index is 4.87. The molecular weight excluding hydrogens is 352 g/mol. The SMILES string of the molecule is Cc1ccccc1-n1nc(C)c(CN(CCN(C)C)Cc2cccs2)c1C. The molecule has 0 aliphatic carbocycles. The van der Waals surface area contributed by atoms with Crippen molar-refractivity contribution in [2.45, 2.75) is 33.9 Å². The molecule has 2 aromatic heterocycles. The highest BCUT2D eigenvalue weighted by molar-refractivity contribution is 7.09. The van der Waals surface area contributed by atoms with E-state index < -0.39 is 0 Å². The number of aromatic nitrogens is 2. The fraction of sp³-hybridized carbons (Fsp3) is 0.409. The first-order valence-electron chi connectivity index (χ1n) is 9.46. The van der Waals surface area contributed by atoms with E-state index in [1.807, 2.05) is 11.3 Å². The summed E-state index contributed by atoms with van der Waals surface area (Å²) in [4.78, 5) is 6.19. The maximum Gasteiger partial charge on any atom is 0.0678 e. The lowest BCUT2D eigenvalue weighted by molar-refractivity contribution is 0.227. The monoisotopic (exact) mass is 382 g/mol. The van der Waals surface area contributed by atoms with Crippen molar-refractivity contribution < 1.29 is 0 Å². The summed E-state index contributed by atoms with van der Waals surface area (Å²) < 4.78 is 2.11. The molecule has 4 nitrogen and oxygen atoms in total. The summed E-state index contributed by atoms with van der Waals surface area (Å²) in [6, 6.07) is 12.8. The number of hydrogen-bond acceptors (Lipinski definition) is 4. The molecule has 0 spiro atoms. The first kappa shape index (κ1) is 19.8. The molecule has 0 atom stereocenters.